The lowest BCUT2D eigenvalue weighted by Crippen LogP contribution is -2.21. The molecule has 1 unspecified atom stereocenters. The lowest BCUT2D eigenvalue weighted by molar-refractivity contribution is 0.524. The standard InChI is InChI=1S/C16H18BrN3S/c1-3-20-15-7-5-4-6-14(15)19-16(20)11(2)18-9-13-8-12(17)10-21-13/h4-8,10-11,18H,3,9H2,1-2H3. The van der Waals surface area contributed by atoms with Gasteiger partial charge < -0.3 is 9.88 Å². The molecule has 0 aliphatic rings. The molecule has 1 aromatic carbocycles. The van der Waals surface area contributed by atoms with Gasteiger partial charge in [-0.25, -0.2) is 4.98 Å². The van der Waals surface area contributed by atoms with Crippen LogP contribution in [0.15, 0.2) is 40.2 Å². The molecule has 0 saturated heterocycles. The summed E-state index contributed by atoms with van der Waals surface area (Å²) >= 11 is 5.26. The van der Waals surface area contributed by atoms with Gasteiger partial charge in [0.1, 0.15) is 5.82 Å². The Bertz CT molecular complexity index is 747. The second kappa shape index (κ2) is 6.30. The van der Waals surface area contributed by atoms with Crippen molar-refractivity contribution in [2.45, 2.75) is 33.0 Å². The van der Waals surface area contributed by atoms with Gasteiger partial charge in [-0.2, -0.15) is 0 Å². The molecule has 3 nitrogen and oxygen atoms in total. The molecule has 3 aromatic rings. The average molecular weight is 364 g/mol. The zero-order valence-corrected chi connectivity index (χ0v) is 14.5. The number of nitrogens with zero attached hydrogens (tertiary/aromatic N) is 2. The van der Waals surface area contributed by atoms with Crippen LogP contribution in [0.3, 0.4) is 0 Å². The predicted octanol–water partition coefficient (Wildman–Crippen LogP) is 4.73. The Labute approximate surface area is 137 Å². The number of halogens is 1. The number of fused-ring (bicyclic) bond motifs is 1. The zero-order valence-electron chi connectivity index (χ0n) is 12.1. The molecule has 3 rings (SSSR count). The highest BCUT2D eigenvalue weighted by Gasteiger charge is 2.15. The molecule has 0 radical (unpaired) electrons. The first-order valence-electron chi connectivity index (χ1n) is 7.10. The fourth-order valence-corrected chi connectivity index (χ4v) is 3.95. The monoisotopic (exact) mass is 363 g/mol. The molecule has 0 spiro atoms. The van der Waals surface area contributed by atoms with Crippen LogP contribution in [0, 0.1) is 0 Å². The van der Waals surface area contributed by atoms with Crippen LogP contribution in [0.1, 0.15) is 30.6 Å². The second-order valence-corrected chi connectivity index (χ2v) is 6.95. The fraction of sp³-hybridized carbons (Fsp3) is 0.312. The SMILES string of the molecule is CCn1c(C(C)NCc2cc(Br)cs2)nc2ccccc21. The van der Waals surface area contributed by atoms with Crippen LogP contribution in [0.4, 0.5) is 0 Å². The van der Waals surface area contributed by atoms with E-state index < -0.39 is 0 Å². The van der Waals surface area contributed by atoms with Crippen LogP contribution in [-0.2, 0) is 13.1 Å². The third-order valence-corrected chi connectivity index (χ3v) is 5.29. The fourth-order valence-electron chi connectivity index (χ4n) is 2.55. The summed E-state index contributed by atoms with van der Waals surface area (Å²) in [6.45, 7) is 6.15. The Morgan fingerprint density at radius 3 is 2.90 bits per heavy atom. The summed E-state index contributed by atoms with van der Waals surface area (Å²) in [5.74, 6) is 1.11. The van der Waals surface area contributed by atoms with Crippen LogP contribution >= 0.6 is 27.3 Å². The number of benzene rings is 1. The topological polar surface area (TPSA) is 29.9 Å². The van der Waals surface area contributed by atoms with Crippen molar-refractivity contribution < 1.29 is 0 Å². The largest absolute Gasteiger partial charge is 0.327 e. The minimum atomic E-state index is 0.221. The maximum absolute atomic E-state index is 4.80. The Kier molecular flexibility index (Phi) is 4.42. The molecule has 0 bridgehead atoms. The third-order valence-electron chi connectivity index (χ3n) is 3.59. The number of imidazole rings is 1. The van der Waals surface area contributed by atoms with Gasteiger partial charge in [0.05, 0.1) is 17.1 Å². The van der Waals surface area contributed by atoms with Gasteiger partial charge >= 0.3 is 0 Å². The summed E-state index contributed by atoms with van der Waals surface area (Å²) < 4.78 is 3.44. The number of aryl methyl sites for hydroxylation is 1. The number of hydrogen-bond acceptors (Lipinski definition) is 3. The van der Waals surface area contributed by atoms with E-state index in [1.807, 2.05) is 6.07 Å². The molecule has 0 amide bonds. The molecule has 2 aromatic heterocycles. The summed E-state index contributed by atoms with van der Waals surface area (Å²) in [4.78, 5) is 6.12. The first kappa shape index (κ1) is 14.8. The van der Waals surface area contributed by atoms with Gasteiger partial charge in [0, 0.05) is 27.8 Å². The van der Waals surface area contributed by atoms with Crippen LogP contribution in [0.2, 0.25) is 0 Å². The maximum Gasteiger partial charge on any atom is 0.126 e. The molecule has 0 saturated carbocycles. The summed E-state index contributed by atoms with van der Waals surface area (Å²) in [6.07, 6.45) is 0. The highest BCUT2D eigenvalue weighted by atomic mass is 79.9. The van der Waals surface area contributed by atoms with E-state index in [1.54, 1.807) is 11.3 Å². The van der Waals surface area contributed by atoms with Crippen molar-refractivity contribution in [3.63, 3.8) is 0 Å². The van der Waals surface area contributed by atoms with Crippen molar-refractivity contribution in [3.05, 3.63) is 50.9 Å². The van der Waals surface area contributed by atoms with Crippen molar-refractivity contribution in [2.24, 2.45) is 0 Å². The third kappa shape index (κ3) is 3.05. The molecular formula is C16H18BrN3S. The maximum atomic E-state index is 4.80. The van der Waals surface area contributed by atoms with E-state index in [0.717, 1.165) is 28.9 Å². The van der Waals surface area contributed by atoms with Crippen molar-refractivity contribution in [3.8, 4) is 0 Å². The molecule has 21 heavy (non-hydrogen) atoms. The zero-order chi connectivity index (χ0) is 14.8. The summed E-state index contributed by atoms with van der Waals surface area (Å²) in [5, 5.41) is 5.68. The molecular weight excluding hydrogens is 346 g/mol. The van der Waals surface area contributed by atoms with E-state index in [1.165, 1.54) is 10.4 Å². The van der Waals surface area contributed by atoms with E-state index in [-0.39, 0.29) is 6.04 Å². The highest BCUT2D eigenvalue weighted by Crippen LogP contribution is 2.23. The number of nitrogens with one attached hydrogen (secondary N) is 1. The van der Waals surface area contributed by atoms with Crippen LogP contribution < -0.4 is 5.32 Å². The average Bonchev–Trinajstić information content (AvgIpc) is 3.07. The molecule has 5 heteroatoms. The van der Waals surface area contributed by atoms with Gasteiger partial charge in [-0.05, 0) is 48.0 Å². The number of aromatic nitrogens is 2. The Morgan fingerprint density at radius 1 is 1.38 bits per heavy atom. The predicted molar refractivity (Wildman–Crippen MR) is 92.7 cm³/mol. The minimum Gasteiger partial charge on any atom is -0.327 e. The van der Waals surface area contributed by atoms with E-state index in [4.69, 9.17) is 4.98 Å². The van der Waals surface area contributed by atoms with Crippen LogP contribution in [-0.4, -0.2) is 9.55 Å². The first-order valence-corrected chi connectivity index (χ1v) is 8.77. The molecule has 0 aliphatic carbocycles. The number of hydrogen-bond donors (Lipinski definition) is 1. The smallest absolute Gasteiger partial charge is 0.126 e. The highest BCUT2D eigenvalue weighted by molar-refractivity contribution is 9.10. The van der Waals surface area contributed by atoms with Gasteiger partial charge in [-0.3, -0.25) is 0 Å². The Morgan fingerprint density at radius 2 is 2.19 bits per heavy atom. The van der Waals surface area contributed by atoms with Gasteiger partial charge in [-0.1, -0.05) is 12.1 Å². The van der Waals surface area contributed by atoms with Crippen molar-refractivity contribution >= 4 is 38.3 Å². The normalized spacial score (nSPS) is 12.9. The summed E-state index contributed by atoms with van der Waals surface area (Å²) in [6, 6.07) is 10.7. The van der Waals surface area contributed by atoms with Crippen molar-refractivity contribution in [1.29, 1.82) is 0 Å². The lowest BCUT2D eigenvalue weighted by atomic mass is 10.3. The number of thiophene rings is 1. The summed E-state index contributed by atoms with van der Waals surface area (Å²) in [7, 11) is 0. The van der Waals surface area contributed by atoms with E-state index in [2.05, 4.69) is 69.3 Å². The van der Waals surface area contributed by atoms with Gasteiger partial charge in [0.25, 0.3) is 0 Å². The van der Waals surface area contributed by atoms with Crippen molar-refractivity contribution in [1.82, 2.24) is 14.9 Å². The number of para-hydroxylation sites is 2. The van der Waals surface area contributed by atoms with Crippen molar-refractivity contribution in [2.75, 3.05) is 0 Å². The van der Waals surface area contributed by atoms with Gasteiger partial charge in [0.15, 0.2) is 0 Å². The van der Waals surface area contributed by atoms with Crippen LogP contribution in [0.5, 0.6) is 0 Å². The molecule has 110 valence electrons. The van der Waals surface area contributed by atoms with E-state index >= 15 is 0 Å². The number of rotatable bonds is 5. The van der Waals surface area contributed by atoms with E-state index in [9.17, 15) is 0 Å². The van der Waals surface area contributed by atoms with Gasteiger partial charge in [-0.15, -0.1) is 11.3 Å². The van der Waals surface area contributed by atoms with E-state index in [0.29, 0.717) is 0 Å². The Balaban J connectivity index is 1.82. The Hall–Kier alpha value is -1.17. The molecule has 1 N–H and O–H groups in total. The molecule has 0 fully saturated rings. The molecule has 2 heterocycles. The molecule has 1 atom stereocenters. The minimum absolute atomic E-state index is 0.221. The molecule has 0 aliphatic heterocycles. The first-order chi connectivity index (χ1) is 10.2. The second-order valence-electron chi connectivity index (χ2n) is 5.04. The lowest BCUT2D eigenvalue weighted by Gasteiger charge is -2.14. The van der Waals surface area contributed by atoms with Crippen LogP contribution in [0.25, 0.3) is 11.0 Å². The quantitative estimate of drug-likeness (QED) is 0.709. The van der Waals surface area contributed by atoms with Gasteiger partial charge in [0.2, 0.25) is 0 Å². The summed E-state index contributed by atoms with van der Waals surface area (Å²) in [5.41, 5.74) is 2.28.